The van der Waals surface area contributed by atoms with Gasteiger partial charge in [0.25, 0.3) is 0 Å². The fraction of sp³-hybridized carbons (Fsp3) is 0. The van der Waals surface area contributed by atoms with Gasteiger partial charge in [0.05, 0.1) is 0 Å². The summed E-state index contributed by atoms with van der Waals surface area (Å²) in [6, 6.07) is 14.4. The number of hydrogen-bond donors (Lipinski definition) is 0. The highest BCUT2D eigenvalue weighted by atomic mass is 127. The van der Waals surface area contributed by atoms with Crippen LogP contribution in [-0.4, -0.2) is 6.08 Å². The maximum atomic E-state index is 11.6. The van der Waals surface area contributed by atoms with E-state index in [0.29, 0.717) is 0 Å². The molecule has 0 aromatic heterocycles. The second kappa shape index (κ2) is 5.71. The number of hydrogen-bond acceptors (Lipinski definition) is 3. The van der Waals surface area contributed by atoms with Crippen molar-refractivity contribution >= 4 is 34.4 Å². The Morgan fingerprint density at radius 2 is 1.44 bits per heavy atom. The molecule has 0 aliphatic carbocycles. The van der Waals surface area contributed by atoms with E-state index in [9.17, 15) is 9.59 Å². The molecule has 0 fully saturated rings. The average Bonchev–Trinajstić information content (AvgIpc) is 2.55. The standard InChI is InChI=1S/C14H8INO2/c15-12-5-1-10(2-6-12)11-3-7-13(16-9-17)14(18)8-4-11/h1-8H. The van der Waals surface area contributed by atoms with Crippen molar-refractivity contribution in [3.05, 3.63) is 62.3 Å². The molecule has 0 saturated heterocycles. The number of benzene rings is 1. The van der Waals surface area contributed by atoms with E-state index < -0.39 is 0 Å². The van der Waals surface area contributed by atoms with E-state index in [0.717, 1.165) is 14.7 Å². The lowest BCUT2D eigenvalue weighted by molar-refractivity contribution is 0.565. The molecule has 0 aliphatic rings. The monoisotopic (exact) mass is 349 g/mol. The summed E-state index contributed by atoms with van der Waals surface area (Å²) in [5.74, 6) is 0. The Kier molecular flexibility index (Phi) is 4.02. The van der Waals surface area contributed by atoms with E-state index in [4.69, 9.17) is 0 Å². The Hall–Kier alpha value is -1.78. The molecule has 0 N–H and O–H groups in total. The molecule has 2 aromatic rings. The molecule has 0 atom stereocenters. The van der Waals surface area contributed by atoms with Crippen LogP contribution in [0.4, 0.5) is 5.69 Å². The topological polar surface area (TPSA) is 46.5 Å². The number of rotatable bonds is 2. The number of aliphatic imine (C=N–C) groups is 1. The molecule has 0 unspecified atom stereocenters. The molecule has 4 heteroatoms. The first-order valence-electron chi connectivity index (χ1n) is 5.19. The van der Waals surface area contributed by atoms with Gasteiger partial charge in [0.1, 0.15) is 5.69 Å². The molecule has 3 nitrogen and oxygen atoms in total. The smallest absolute Gasteiger partial charge is 0.240 e. The molecule has 0 aliphatic heterocycles. The number of nitrogens with zero attached hydrogens (tertiary/aromatic N) is 1. The van der Waals surface area contributed by atoms with Gasteiger partial charge < -0.3 is 0 Å². The molecule has 0 bridgehead atoms. The van der Waals surface area contributed by atoms with Crippen molar-refractivity contribution in [3.63, 3.8) is 0 Å². The van der Waals surface area contributed by atoms with Crippen LogP contribution >= 0.6 is 22.6 Å². The fourth-order valence-corrected chi connectivity index (χ4v) is 1.89. The van der Waals surface area contributed by atoms with Gasteiger partial charge in [-0.05, 0) is 58.0 Å². The molecule has 2 rings (SSSR count). The van der Waals surface area contributed by atoms with Crippen molar-refractivity contribution in [2.24, 2.45) is 4.99 Å². The first-order chi connectivity index (χ1) is 8.70. The third-order valence-corrected chi connectivity index (χ3v) is 3.15. The summed E-state index contributed by atoms with van der Waals surface area (Å²) in [5.41, 5.74) is 1.71. The van der Waals surface area contributed by atoms with Crippen LogP contribution in [0.3, 0.4) is 0 Å². The number of halogens is 1. The van der Waals surface area contributed by atoms with Crippen molar-refractivity contribution in [2.45, 2.75) is 0 Å². The Labute approximate surface area is 117 Å². The van der Waals surface area contributed by atoms with E-state index >= 15 is 0 Å². The highest BCUT2D eigenvalue weighted by Gasteiger charge is 1.99. The van der Waals surface area contributed by atoms with Gasteiger partial charge in [0, 0.05) is 3.57 Å². The lowest BCUT2D eigenvalue weighted by Crippen LogP contribution is -1.91. The van der Waals surface area contributed by atoms with Crippen LogP contribution in [0.1, 0.15) is 0 Å². The largest absolute Gasteiger partial charge is 0.288 e. The minimum Gasteiger partial charge on any atom is -0.288 e. The van der Waals surface area contributed by atoms with E-state index in [2.05, 4.69) is 27.6 Å². The highest BCUT2D eigenvalue weighted by Crippen LogP contribution is 2.20. The summed E-state index contributed by atoms with van der Waals surface area (Å²) >= 11 is 2.23. The molecular formula is C14H8INO2. The van der Waals surface area contributed by atoms with E-state index in [1.54, 1.807) is 12.1 Å². The van der Waals surface area contributed by atoms with Crippen LogP contribution in [0.2, 0.25) is 0 Å². The number of carbonyl (C=O) groups excluding carboxylic acids is 1. The van der Waals surface area contributed by atoms with Crippen LogP contribution in [0.25, 0.3) is 11.1 Å². The molecule has 2 aromatic carbocycles. The van der Waals surface area contributed by atoms with E-state index in [1.165, 1.54) is 18.2 Å². The third-order valence-electron chi connectivity index (χ3n) is 2.43. The van der Waals surface area contributed by atoms with Gasteiger partial charge in [-0.3, -0.25) is 4.79 Å². The second-order valence-corrected chi connectivity index (χ2v) is 4.83. The molecule has 0 heterocycles. The molecule has 0 radical (unpaired) electrons. The van der Waals surface area contributed by atoms with Crippen molar-refractivity contribution in [1.82, 2.24) is 0 Å². The zero-order chi connectivity index (χ0) is 13.0. The Morgan fingerprint density at radius 1 is 0.889 bits per heavy atom. The summed E-state index contributed by atoms with van der Waals surface area (Å²) in [5, 5.41) is 0. The second-order valence-electron chi connectivity index (χ2n) is 3.58. The first-order valence-corrected chi connectivity index (χ1v) is 6.27. The van der Waals surface area contributed by atoms with Gasteiger partial charge in [-0.15, -0.1) is 0 Å². The molecule has 88 valence electrons. The van der Waals surface area contributed by atoms with Gasteiger partial charge >= 0.3 is 0 Å². The lowest BCUT2D eigenvalue weighted by atomic mass is 10.1. The van der Waals surface area contributed by atoms with Crippen LogP contribution in [0, 0.1) is 3.57 Å². The van der Waals surface area contributed by atoms with Crippen molar-refractivity contribution in [1.29, 1.82) is 0 Å². The zero-order valence-corrected chi connectivity index (χ0v) is 11.4. The third kappa shape index (κ3) is 2.91. The Morgan fingerprint density at radius 3 is 2.06 bits per heavy atom. The predicted molar refractivity (Wildman–Crippen MR) is 78.6 cm³/mol. The lowest BCUT2D eigenvalue weighted by Gasteiger charge is -1.98. The Balaban J connectivity index is 2.54. The van der Waals surface area contributed by atoms with Crippen molar-refractivity contribution in [3.8, 4) is 11.1 Å². The van der Waals surface area contributed by atoms with E-state index in [-0.39, 0.29) is 11.1 Å². The van der Waals surface area contributed by atoms with Crippen LogP contribution in [0.5, 0.6) is 0 Å². The average molecular weight is 349 g/mol. The normalized spacial score (nSPS) is 9.61. The highest BCUT2D eigenvalue weighted by molar-refractivity contribution is 14.1. The van der Waals surface area contributed by atoms with Gasteiger partial charge in [-0.2, -0.15) is 4.99 Å². The molecule has 0 amide bonds. The summed E-state index contributed by atoms with van der Waals surface area (Å²) in [4.78, 5) is 25.1. The maximum absolute atomic E-state index is 11.6. The molecular weight excluding hydrogens is 341 g/mol. The van der Waals surface area contributed by atoms with Gasteiger partial charge in [-0.25, -0.2) is 4.79 Å². The van der Waals surface area contributed by atoms with E-state index in [1.807, 2.05) is 24.3 Å². The maximum Gasteiger partial charge on any atom is 0.240 e. The minimum absolute atomic E-state index is 0.0989. The first kappa shape index (κ1) is 12.7. The quantitative estimate of drug-likeness (QED) is 0.475. The summed E-state index contributed by atoms with van der Waals surface area (Å²) in [6.45, 7) is 0. The fourth-order valence-electron chi connectivity index (χ4n) is 1.53. The summed E-state index contributed by atoms with van der Waals surface area (Å²) < 4.78 is 1.15. The van der Waals surface area contributed by atoms with Gasteiger partial charge in [0.2, 0.25) is 11.5 Å². The Bertz CT molecular complexity index is 674. The van der Waals surface area contributed by atoms with Gasteiger partial charge in [-0.1, -0.05) is 24.3 Å². The number of isocyanates is 1. The summed E-state index contributed by atoms with van der Waals surface area (Å²) in [7, 11) is 0. The van der Waals surface area contributed by atoms with Crippen LogP contribution in [0.15, 0.2) is 58.3 Å². The SMILES string of the molecule is O=C=Nc1ccc(-c2ccc(I)cc2)ccc1=O. The van der Waals surface area contributed by atoms with Crippen molar-refractivity contribution in [2.75, 3.05) is 0 Å². The van der Waals surface area contributed by atoms with Crippen LogP contribution < -0.4 is 5.43 Å². The predicted octanol–water partition coefficient (Wildman–Crippen LogP) is 3.29. The zero-order valence-electron chi connectivity index (χ0n) is 9.26. The minimum atomic E-state index is -0.296. The van der Waals surface area contributed by atoms with Crippen LogP contribution in [-0.2, 0) is 4.79 Å². The van der Waals surface area contributed by atoms with Gasteiger partial charge in [0.15, 0.2) is 0 Å². The molecule has 0 saturated carbocycles. The molecule has 18 heavy (non-hydrogen) atoms. The summed E-state index contributed by atoms with van der Waals surface area (Å²) in [6.07, 6.45) is 1.38. The van der Waals surface area contributed by atoms with Crippen molar-refractivity contribution < 1.29 is 4.79 Å². The molecule has 0 spiro atoms.